The Labute approximate surface area is 118 Å². The molecule has 0 amide bonds. The molecule has 2 N–H and O–H groups in total. The Morgan fingerprint density at radius 3 is 2.67 bits per heavy atom. The fraction of sp³-hybridized carbons (Fsp3) is 0.571. The molecule has 18 heavy (non-hydrogen) atoms. The zero-order chi connectivity index (χ0) is 13.3. The molecule has 0 heterocycles. The van der Waals surface area contributed by atoms with Crippen LogP contribution >= 0.6 is 23.2 Å². The van der Waals surface area contributed by atoms with Crippen molar-refractivity contribution in [3.63, 3.8) is 0 Å². The van der Waals surface area contributed by atoms with Crippen molar-refractivity contribution in [3.05, 3.63) is 33.8 Å². The van der Waals surface area contributed by atoms with Gasteiger partial charge < -0.3 is 10.4 Å². The third kappa shape index (κ3) is 2.83. The molecule has 0 aliphatic heterocycles. The lowest BCUT2D eigenvalue weighted by molar-refractivity contribution is -0.0720. The summed E-state index contributed by atoms with van der Waals surface area (Å²) >= 11 is 12.0. The third-order valence-electron chi connectivity index (χ3n) is 4.02. The van der Waals surface area contributed by atoms with E-state index in [0.29, 0.717) is 11.1 Å². The molecule has 1 aliphatic rings. The predicted molar refractivity (Wildman–Crippen MR) is 76.4 cm³/mol. The summed E-state index contributed by atoms with van der Waals surface area (Å²) in [6.45, 7) is 5.05. The number of hydrogen-bond acceptors (Lipinski definition) is 2. The molecule has 1 saturated carbocycles. The van der Waals surface area contributed by atoms with E-state index in [1.54, 1.807) is 6.07 Å². The molecule has 0 saturated heterocycles. The van der Waals surface area contributed by atoms with Crippen molar-refractivity contribution >= 4 is 23.2 Å². The smallest absolute Gasteiger partial charge is 0.0621 e. The first-order valence-corrected chi connectivity index (χ1v) is 7.02. The largest absolute Gasteiger partial charge is 0.392 e. The molecule has 100 valence electrons. The molecule has 2 unspecified atom stereocenters. The molecule has 0 bridgehead atoms. The molecule has 2 atom stereocenters. The highest BCUT2D eigenvalue weighted by Gasteiger charge is 2.46. The maximum atomic E-state index is 9.66. The lowest BCUT2D eigenvalue weighted by Gasteiger charge is -2.49. The number of aliphatic hydroxyl groups is 1. The van der Waals surface area contributed by atoms with E-state index in [-0.39, 0.29) is 11.5 Å². The summed E-state index contributed by atoms with van der Waals surface area (Å²) < 4.78 is 0. The van der Waals surface area contributed by atoms with E-state index in [4.69, 9.17) is 23.2 Å². The van der Waals surface area contributed by atoms with Crippen LogP contribution in [0.3, 0.4) is 0 Å². The van der Waals surface area contributed by atoms with Gasteiger partial charge in [-0.1, -0.05) is 43.1 Å². The Bertz CT molecular complexity index is 434. The second kappa shape index (κ2) is 5.38. The highest BCUT2D eigenvalue weighted by Crippen LogP contribution is 2.40. The molecule has 0 aromatic heterocycles. The summed E-state index contributed by atoms with van der Waals surface area (Å²) in [5.41, 5.74) is 1.08. The standard InChI is InChI=1S/C14H19Cl2NO/c1-14(2)12(8-13(14)18)17-6-5-9-3-4-10(15)7-11(9)16/h3-4,7,12-13,17-18H,5-6,8H2,1-2H3. The SMILES string of the molecule is CC1(C)C(O)CC1NCCc1ccc(Cl)cc1Cl. The summed E-state index contributed by atoms with van der Waals surface area (Å²) in [6, 6.07) is 5.99. The highest BCUT2D eigenvalue weighted by atomic mass is 35.5. The Morgan fingerprint density at radius 1 is 1.39 bits per heavy atom. The summed E-state index contributed by atoms with van der Waals surface area (Å²) in [6.07, 6.45) is 1.52. The minimum Gasteiger partial charge on any atom is -0.392 e. The first-order chi connectivity index (χ1) is 8.41. The van der Waals surface area contributed by atoms with Gasteiger partial charge in [0.05, 0.1) is 6.10 Å². The van der Waals surface area contributed by atoms with Crippen LogP contribution in [0.1, 0.15) is 25.8 Å². The van der Waals surface area contributed by atoms with Crippen molar-refractivity contribution in [1.82, 2.24) is 5.32 Å². The van der Waals surface area contributed by atoms with E-state index in [2.05, 4.69) is 19.2 Å². The molecule has 2 nitrogen and oxygen atoms in total. The van der Waals surface area contributed by atoms with Gasteiger partial charge in [0.2, 0.25) is 0 Å². The maximum Gasteiger partial charge on any atom is 0.0621 e. The quantitative estimate of drug-likeness (QED) is 0.891. The minimum absolute atomic E-state index is 0.0240. The van der Waals surface area contributed by atoms with E-state index in [1.165, 1.54) is 0 Å². The lowest BCUT2D eigenvalue weighted by Crippen LogP contribution is -2.60. The van der Waals surface area contributed by atoms with Gasteiger partial charge in [0, 0.05) is 21.5 Å². The summed E-state index contributed by atoms with van der Waals surface area (Å²) in [5.74, 6) is 0. The molecule has 0 spiro atoms. The molecule has 1 fully saturated rings. The number of aliphatic hydroxyl groups excluding tert-OH is 1. The normalized spacial score (nSPS) is 25.8. The third-order valence-corrected chi connectivity index (χ3v) is 4.60. The Hall–Kier alpha value is -0.280. The average molecular weight is 288 g/mol. The van der Waals surface area contributed by atoms with Gasteiger partial charge in [0.25, 0.3) is 0 Å². The molecule has 4 heteroatoms. The zero-order valence-corrected chi connectivity index (χ0v) is 12.2. The van der Waals surface area contributed by atoms with E-state index < -0.39 is 0 Å². The van der Waals surface area contributed by atoms with E-state index in [0.717, 1.165) is 30.0 Å². The van der Waals surface area contributed by atoms with E-state index in [1.807, 2.05) is 12.1 Å². The van der Waals surface area contributed by atoms with Crippen molar-refractivity contribution in [2.45, 2.75) is 38.8 Å². The van der Waals surface area contributed by atoms with Crippen LogP contribution in [0.4, 0.5) is 0 Å². The monoisotopic (exact) mass is 287 g/mol. The molecular formula is C14H19Cl2NO. The average Bonchev–Trinajstić information content (AvgIpc) is 2.30. The van der Waals surface area contributed by atoms with Crippen LogP contribution in [0.5, 0.6) is 0 Å². The van der Waals surface area contributed by atoms with Gasteiger partial charge in [0.1, 0.15) is 0 Å². The van der Waals surface area contributed by atoms with Gasteiger partial charge >= 0.3 is 0 Å². The van der Waals surface area contributed by atoms with Crippen molar-refractivity contribution in [2.75, 3.05) is 6.54 Å². The first kappa shape index (κ1) is 14.1. The van der Waals surface area contributed by atoms with Gasteiger partial charge in [-0.25, -0.2) is 0 Å². The fourth-order valence-electron chi connectivity index (χ4n) is 2.35. The highest BCUT2D eigenvalue weighted by molar-refractivity contribution is 6.35. The second-order valence-corrected chi connectivity index (χ2v) is 6.41. The van der Waals surface area contributed by atoms with Gasteiger partial charge in [-0.3, -0.25) is 0 Å². The van der Waals surface area contributed by atoms with Crippen LogP contribution in [0.15, 0.2) is 18.2 Å². The summed E-state index contributed by atoms with van der Waals surface area (Å²) in [4.78, 5) is 0. The maximum absolute atomic E-state index is 9.66. The van der Waals surface area contributed by atoms with Crippen molar-refractivity contribution < 1.29 is 5.11 Å². The van der Waals surface area contributed by atoms with Gasteiger partial charge in [0.15, 0.2) is 0 Å². The summed E-state index contributed by atoms with van der Waals surface area (Å²) in [5, 5.41) is 14.5. The molecule has 1 aromatic rings. The number of rotatable bonds is 4. The lowest BCUT2D eigenvalue weighted by atomic mass is 9.64. The minimum atomic E-state index is -0.186. The second-order valence-electron chi connectivity index (χ2n) is 5.57. The van der Waals surface area contributed by atoms with Crippen LogP contribution in [0.25, 0.3) is 0 Å². The van der Waals surface area contributed by atoms with Gasteiger partial charge in [-0.2, -0.15) is 0 Å². The summed E-state index contributed by atoms with van der Waals surface area (Å²) in [7, 11) is 0. The zero-order valence-electron chi connectivity index (χ0n) is 10.7. The van der Waals surface area contributed by atoms with Crippen LogP contribution in [-0.2, 0) is 6.42 Å². The van der Waals surface area contributed by atoms with Crippen LogP contribution in [0, 0.1) is 5.41 Å². The Morgan fingerprint density at radius 2 is 2.11 bits per heavy atom. The topological polar surface area (TPSA) is 32.3 Å². The molecule has 1 aliphatic carbocycles. The van der Waals surface area contributed by atoms with Gasteiger partial charge in [-0.05, 0) is 37.1 Å². The number of nitrogens with one attached hydrogen (secondary N) is 1. The van der Waals surface area contributed by atoms with Gasteiger partial charge in [-0.15, -0.1) is 0 Å². The molecule has 1 aromatic carbocycles. The molecular weight excluding hydrogens is 269 g/mol. The van der Waals surface area contributed by atoms with Crippen molar-refractivity contribution in [1.29, 1.82) is 0 Å². The number of benzene rings is 1. The van der Waals surface area contributed by atoms with E-state index >= 15 is 0 Å². The van der Waals surface area contributed by atoms with Crippen LogP contribution in [0.2, 0.25) is 10.0 Å². The van der Waals surface area contributed by atoms with Crippen LogP contribution in [-0.4, -0.2) is 23.8 Å². The predicted octanol–water partition coefficient (Wildman–Crippen LogP) is 3.28. The Balaban J connectivity index is 1.83. The first-order valence-electron chi connectivity index (χ1n) is 6.26. The van der Waals surface area contributed by atoms with Crippen molar-refractivity contribution in [3.8, 4) is 0 Å². The van der Waals surface area contributed by atoms with E-state index in [9.17, 15) is 5.11 Å². The molecule has 0 radical (unpaired) electrons. The Kier molecular flexibility index (Phi) is 4.22. The van der Waals surface area contributed by atoms with Crippen molar-refractivity contribution in [2.24, 2.45) is 5.41 Å². The number of halogens is 2. The van der Waals surface area contributed by atoms with Crippen LogP contribution < -0.4 is 5.32 Å². The number of hydrogen-bond donors (Lipinski definition) is 2. The molecule has 2 rings (SSSR count). The fourth-order valence-corrected chi connectivity index (χ4v) is 2.86.